The van der Waals surface area contributed by atoms with Crippen molar-refractivity contribution < 1.29 is 0 Å². The lowest BCUT2D eigenvalue weighted by molar-refractivity contribution is 0.687. The molecule has 0 aliphatic heterocycles. The van der Waals surface area contributed by atoms with Crippen LogP contribution < -0.4 is 5.73 Å². The third kappa shape index (κ3) is 2.43. The summed E-state index contributed by atoms with van der Waals surface area (Å²) in [6.07, 6.45) is 0.934. The topological polar surface area (TPSA) is 43.8 Å². The maximum Gasteiger partial charge on any atom is 0.0985 e. The molecule has 4 heteroatoms. The largest absolute Gasteiger partial charge is 0.348 e. The number of fused-ring (bicyclic) bond motifs is 2. The van der Waals surface area contributed by atoms with E-state index in [4.69, 9.17) is 10.7 Å². The molecule has 0 spiro atoms. The van der Waals surface area contributed by atoms with Gasteiger partial charge >= 0.3 is 0 Å². The molecule has 0 fully saturated rings. The zero-order valence-electron chi connectivity index (χ0n) is 14.0. The van der Waals surface area contributed by atoms with Gasteiger partial charge in [0.25, 0.3) is 0 Å². The lowest BCUT2D eigenvalue weighted by Crippen LogP contribution is -2.15. The Morgan fingerprint density at radius 2 is 1.88 bits per heavy atom. The molecule has 2 aromatic heterocycles. The van der Waals surface area contributed by atoms with E-state index in [1.54, 1.807) is 11.3 Å². The van der Waals surface area contributed by atoms with Crippen LogP contribution >= 0.6 is 11.3 Å². The monoisotopic (exact) mass is 335 g/mol. The first-order valence-electron chi connectivity index (χ1n) is 8.27. The molecule has 0 amide bonds. The van der Waals surface area contributed by atoms with Crippen LogP contribution in [-0.2, 0) is 13.5 Å². The van der Waals surface area contributed by atoms with E-state index >= 15 is 0 Å². The van der Waals surface area contributed by atoms with Gasteiger partial charge in [0.2, 0.25) is 0 Å². The summed E-state index contributed by atoms with van der Waals surface area (Å²) in [6, 6.07) is 16.9. The van der Waals surface area contributed by atoms with E-state index in [1.165, 1.54) is 26.9 Å². The van der Waals surface area contributed by atoms with Crippen LogP contribution in [0.1, 0.15) is 22.2 Å². The molecule has 0 aliphatic carbocycles. The lowest BCUT2D eigenvalue weighted by atomic mass is 9.97. The van der Waals surface area contributed by atoms with Gasteiger partial charge in [-0.25, -0.2) is 4.98 Å². The van der Waals surface area contributed by atoms with Crippen molar-refractivity contribution in [2.24, 2.45) is 12.8 Å². The zero-order valence-corrected chi connectivity index (χ0v) is 14.8. The lowest BCUT2D eigenvalue weighted by Gasteiger charge is -2.12. The van der Waals surface area contributed by atoms with Gasteiger partial charge in [0.1, 0.15) is 0 Å². The standard InChI is InChI=1S/C20H21N3S/c1-13-16(15-7-3-5-9-18(15)23(13)2)11-14(12-21)20-22-17-8-4-6-10-19(17)24-20/h3-10,14H,11-12,21H2,1-2H3. The number of benzene rings is 2. The van der Waals surface area contributed by atoms with Crippen molar-refractivity contribution in [2.45, 2.75) is 19.3 Å². The van der Waals surface area contributed by atoms with Gasteiger partial charge in [-0.2, -0.15) is 0 Å². The molecule has 1 unspecified atom stereocenters. The summed E-state index contributed by atoms with van der Waals surface area (Å²) in [7, 11) is 2.14. The Labute approximate surface area is 145 Å². The normalized spacial score (nSPS) is 13.0. The molecule has 0 saturated heterocycles. The molecule has 2 N–H and O–H groups in total. The second kappa shape index (κ2) is 6.04. The van der Waals surface area contributed by atoms with Crippen LogP contribution in [0.3, 0.4) is 0 Å². The molecule has 0 radical (unpaired) electrons. The first kappa shape index (κ1) is 15.4. The number of rotatable bonds is 4. The van der Waals surface area contributed by atoms with Gasteiger partial charge in [-0.15, -0.1) is 11.3 Å². The van der Waals surface area contributed by atoms with E-state index in [1.807, 2.05) is 6.07 Å². The predicted molar refractivity (Wildman–Crippen MR) is 103 cm³/mol. The average molecular weight is 335 g/mol. The van der Waals surface area contributed by atoms with Crippen LogP contribution in [0.4, 0.5) is 0 Å². The number of hydrogen-bond donors (Lipinski definition) is 1. The summed E-state index contributed by atoms with van der Waals surface area (Å²) in [4.78, 5) is 4.83. The number of nitrogens with zero attached hydrogens (tertiary/aromatic N) is 2. The maximum atomic E-state index is 6.14. The van der Waals surface area contributed by atoms with Crippen molar-refractivity contribution in [1.29, 1.82) is 0 Å². The molecule has 24 heavy (non-hydrogen) atoms. The van der Waals surface area contributed by atoms with Crippen LogP contribution in [0.2, 0.25) is 0 Å². The Bertz CT molecular complexity index is 979. The van der Waals surface area contributed by atoms with Gasteiger partial charge in [0, 0.05) is 36.1 Å². The number of hydrogen-bond acceptors (Lipinski definition) is 3. The van der Waals surface area contributed by atoms with Crippen molar-refractivity contribution in [3.8, 4) is 0 Å². The highest BCUT2D eigenvalue weighted by molar-refractivity contribution is 7.18. The van der Waals surface area contributed by atoms with Gasteiger partial charge in [-0.3, -0.25) is 0 Å². The first-order chi connectivity index (χ1) is 11.7. The van der Waals surface area contributed by atoms with Crippen LogP contribution in [0.25, 0.3) is 21.1 Å². The second-order valence-electron chi connectivity index (χ2n) is 6.30. The molecule has 0 bridgehead atoms. The van der Waals surface area contributed by atoms with Crippen LogP contribution in [0.5, 0.6) is 0 Å². The van der Waals surface area contributed by atoms with Gasteiger partial charge < -0.3 is 10.3 Å². The van der Waals surface area contributed by atoms with Crippen LogP contribution in [0, 0.1) is 6.92 Å². The van der Waals surface area contributed by atoms with E-state index in [2.05, 4.69) is 61.0 Å². The van der Waals surface area contributed by atoms with Crippen molar-refractivity contribution in [3.63, 3.8) is 0 Å². The van der Waals surface area contributed by atoms with Gasteiger partial charge in [0.15, 0.2) is 0 Å². The Balaban J connectivity index is 1.76. The fraction of sp³-hybridized carbons (Fsp3) is 0.250. The maximum absolute atomic E-state index is 6.14. The van der Waals surface area contributed by atoms with Gasteiger partial charge in [-0.05, 0) is 37.1 Å². The number of para-hydroxylation sites is 2. The summed E-state index contributed by atoms with van der Waals surface area (Å²) >= 11 is 1.77. The highest BCUT2D eigenvalue weighted by atomic mass is 32.1. The Morgan fingerprint density at radius 3 is 2.67 bits per heavy atom. The van der Waals surface area contributed by atoms with Crippen LogP contribution in [0.15, 0.2) is 48.5 Å². The summed E-state index contributed by atoms with van der Waals surface area (Å²) in [5.74, 6) is 0.256. The fourth-order valence-corrected chi connectivity index (χ4v) is 4.52. The molecular formula is C20H21N3S. The highest BCUT2D eigenvalue weighted by Crippen LogP contribution is 2.33. The van der Waals surface area contributed by atoms with E-state index in [0.717, 1.165) is 16.9 Å². The molecule has 2 aromatic carbocycles. The molecule has 1 atom stereocenters. The van der Waals surface area contributed by atoms with Crippen LogP contribution in [-0.4, -0.2) is 16.1 Å². The quantitative estimate of drug-likeness (QED) is 0.601. The highest BCUT2D eigenvalue weighted by Gasteiger charge is 2.20. The van der Waals surface area contributed by atoms with E-state index in [9.17, 15) is 0 Å². The average Bonchev–Trinajstić information content (AvgIpc) is 3.14. The predicted octanol–water partition coefficient (Wildman–Crippen LogP) is 4.38. The molecule has 0 saturated carbocycles. The number of aromatic nitrogens is 2. The summed E-state index contributed by atoms with van der Waals surface area (Å²) in [5, 5.41) is 2.48. The zero-order chi connectivity index (χ0) is 16.7. The molecule has 2 heterocycles. The SMILES string of the molecule is Cc1c(CC(CN)c2nc3ccccc3s2)c2ccccc2n1C. The van der Waals surface area contributed by atoms with Crippen molar-refractivity contribution in [1.82, 2.24) is 9.55 Å². The van der Waals surface area contributed by atoms with Crippen molar-refractivity contribution in [2.75, 3.05) is 6.54 Å². The minimum absolute atomic E-state index is 0.256. The third-order valence-corrected chi connectivity index (χ3v) is 6.12. The van der Waals surface area contributed by atoms with E-state index in [-0.39, 0.29) is 5.92 Å². The Hall–Kier alpha value is -2.17. The Kier molecular flexibility index (Phi) is 3.87. The molecule has 4 aromatic rings. The Morgan fingerprint density at radius 1 is 1.12 bits per heavy atom. The minimum atomic E-state index is 0.256. The fourth-order valence-electron chi connectivity index (χ4n) is 3.44. The molecule has 122 valence electrons. The molecular weight excluding hydrogens is 314 g/mol. The van der Waals surface area contributed by atoms with Gasteiger partial charge in [-0.1, -0.05) is 30.3 Å². The smallest absolute Gasteiger partial charge is 0.0985 e. The first-order valence-corrected chi connectivity index (χ1v) is 9.09. The van der Waals surface area contributed by atoms with E-state index in [0.29, 0.717) is 6.54 Å². The van der Waals surface area contributed by atoms with Crippen molar-refractivity contribution in [3.05, 3.63) is 64.8 Å². The molecule has 0 aliphatic rings. The summed E-state index contributed by atoms with van der Waals surface area (Å²) in [5.41, 5.74) is 11.2. The van der Waals surface area contributed by atoms with Crippen molar-refractivity contribution >= 4 is 32.5 Å². The number of aryl methyl sites for hydroxylation is 1. The van der Waals surface area contributed by atoms with E-state index < -0.39 is 0 Å². The molecule has 4 rings (SSSR count). The minimum Gasteiger partial charge on any atom is -0.348 e. The number of nitrogens with two attached hydrogens (primary N) is 1. The van der Waals surface area contributed by atoms with Gasteiger partial charge in [0.05, 0.1) is 15.2 Å². The molecule has 3 nitrogen and oxygen atoms in total. The third-order valence-electron chi connectivity index (χ3n) is 4.93. The summed E-state index contributed by atoms with van der Waals surface area (Å²) in [6.45, 7) is 2.81. The second-order valence-corrected chi connectivity index (χ2v) is 7.36. The summed E-state index contributed by atoms with van der Waals surface area (Å²) < 4.78 is 3.51. The number of thiazole rings is 1.